The van der Waals surface area contributed by atoms with Crippen LogP contribution in [-0.4, -0.2) is 152 Å². The topological polar surface area (TPSA) is 477 Å². The molecule has 0 aliphatic heterocycles. The minimum absolute atomic E-state index is 0.00896. The average molecular weight is 1090 g/mol. The van der Waals surface area contributed by atoms with Crippen molar-refractivity contribution in [2.24, 2.45) is 28.9 Å². The minimum atomic E-state index is -1.97. The van der Waals surface area contributed by atoms with Gasteiger partial charge in [0.15, 0.2) is 0 Å². The van der Waals surface area contributed by atoms with Crippen LogP contribution >= 0.6 is 0 Å². The van der Waals surface area contributed by atoms with Crippen LogP contribution in [0, 0.1) is 5.92 Å². The van der Waals surface area contributed by atoms with Crippen LogP contribution in [0.2, 0.25) is 0 Å². The fraction of sp³-hybridized carbons (Fsp3) is 0.440. The van der Waals surface area contributed by atoms with Gasteiger partial charge < -0.3 is 85.6 Å². The van der Waals surface area contributed by atoms with Gasteiger partial charge in [-0.25, -0.2) is 0 Å². The number of aliphatic carboxylic acids is 1. The van der Waals surface area contributed by atoms with Gasteiger partial charge in [0, 0.05) is 53.5 Å². The maximum Gasteiger partial charge on any atom is 0.305 e. The summed E-state index contributed by atoms with van der Waals surface area (Å²) in [6.45, 7) is 4.82. The van der Waals surface area contributed by atoms with E-state index in [4.69, 9.17) is 22.9 Å². The molecule has 4 aromatic rings. The number of nitrogens with one attached hydrogen (secondary N) is 10. The zero-order chi connectivity index (χ0) is 58.0. The molecule has 0 spiro atoms. The molecule has 0 saturated carbocycles. The SMILES string of the molecule is CC(C)C[C@H](NC(=O)[C@H](CC(=O)O)NC(=O)[C@H](CCC(N)=O)NC(=O)[C@H](Cc1c[nH]c2ccccc12)NC(=O)[C@H](C)N)C(=O)N[C@@H](CC(N)=O)C(=O)N[C@@H](CO)C(=O)N[C@@H](C)C(=O)N[C@@H](Cc1c[nH]c2ccccc12)C(N)=O. The van der Waals surface area contributed by atoms with E-state index >= 15 is 0 Å². The summed E-state index contributed by atoms with van der Waals surface area (Å²) < 4.78 is 0. The van der Waals surface area contributed by atoms with Crippen molar-refractivity contribution in [3.63, 3.8) is 0 Å². The molecule has 11 amide bonds. The van der Waals surface area contributed by atoms with Gasteiger partial charge in [0.25, 0.3) is 0 Å². The molecular formula is C50H68N14O14. The number of hydrogen-bond acceptors (Lipinski definition) is 14. The standard InChI is InChI=1S/C50H68N14O14/c1-23(2)15-34(46(74)62-36(18-40(53)67)48(76)64-38(22-65)50(78)57-25(4)44(72)59-33(42(54)70)16-26-20-55-30-11-7-5-9-28(26)30)61-49(77)37(19-41(68)69)63-45(73)32(13-14-39(52)66)58-47(75)35(60-43(71)24(3)51)17-27-21-56-31-12-8-6-10-29(27)31/h5-12,20-21,23-25,32-38,55-56,65H,13-19,22,51H2,1-4H3,(H2,52,66)(H2,53,67)(H2,54,70)(H,57,78)(H,58,75)(H,59,72)(H,60,71)(H,61,77)(H,62,74)(H,63,73)(H,64,76)(H,68,69)/t24-,25-,32-,33-,34-,35-,36-,37-,38-/m0/s1. The predicted molar refractivity (Wildman–Crippen MR) is 279 cm³/mol. The highest BCUT2D eigenvalue weighted by molar-refractivity contribution is 6.00. The van der Waals surface area contributed by atoms with Gasteiger partial charge in [0.2, 0.25) is 65.0 Å². The van der Waals surface area contributed by atoms with E-state index < -0.39 is 164 Å². The lowest BCUT2D eigenvalue weighted by molar-refractivity contribution is -0.141. The lowest BCUT2D eigenvalue weighted by atomic mass is 10.0. The summed E-state index contributed by atoms with van der Waals surface area (Å²) in [6, 6.07) is 0.350. The molecule has 422 valence electrons. The second-order valence-corrected chi connectivity index (χ2v) is 19.1. The number of carboxylic acid groups (broad SMARTS) is 1. The Kier molecular flexibility index (Phi) is 22.8. The first-order chi connectivity index (χ1) is 36.8. The smallest absolute Gasteiger partial charge is 0.305 e. The van der Waals surface area contributed by atoms with Crippen molar-refractivity contribution in [3.05, 3.63) is 72.1 Å². The third-order valence-corrected chi connectivity index (χ3v) is 12.2. The van der Waals surface area contributed by atoms with Crippen LogP contribution in [0.1, 0.15) is 70.9 Å². The quantitative estimate of drug-likeness (QED) is 0.0227. The average Bonchev–Trinajstić information content (AvgIpc) is 4.00. The second-order valence-electron chi connectivity index (χ2n) is 19.1. The lowest BCUT2D eigenvalue weighted by Crippen LogP contribution is -2.61. The van der Waals surface area contributed by atoms with Crippen molar-refractivity contribution in [3.8, 4) is 0 Å². The number of aromatic amines is 2. The number of para-hydroxylation sites is 2. The molecule has 2 aromatic carbocycles. The summed E-state index contributed by atoms with van der Waals surface area (Å²) in [5.74, 6) is -13.3. The number of nitrogens with two attached hydrogens (primary N) is 4. The van der Waals surface area contributed by atoms with E-state index in [1.165, 1.54) is 13.8 Å². The van der Waals surface area contributed by atoms with Crippen molar-refractivity contribution >= 4 is 92.8 Å². The van der Waals surface area contributed by atoms with Gasteiger partial charge in [-0.1, -0.05) is 50.2 Å². The molecule has 0 aliphatic carbocycles. The van der Waals surface area contributed by atoms with Crippen LogP contribution in [0.25, 0.3) is 21.8 Å². The van der Waals surface area contributed by atoms with Gasteiger partial charge in [-0.05, 0) is 55.9 Å². The highest BCUT2D eigenvalue weighted by Crippen LogP contribution is 2.21. The van der Waals surface area contributed by atoms with Crippen LogP contribution in [0.3, 0.4) is 0 Å². The summed E-state index contributed by atoms with van der Waals surface area (Å²) in [6.07, 6.45) is 0.0166. The van der Waals surface area contributed by atoms with E-state index in [2.05, 4.69) is 52.5 Å². The number of benzene rings is 2. The van der Waals surface area contributed by atoms with E-state index in [0.29, 0.717) is 16.5 Å². The Balaban J connectivity index is 1.47. The number of H-pyrrole nitrogens is 2. The third-order valence-electron chi connectivity index (χ3n) is 12.2. The summed E-state index contributed by atoms with van der Waals surface area (Å²) in [7, 11) is 0. The number of aliphatic hydroxyl groups excluding tert-OH is 1. The number of aliphatic hydroxyl groups is 1. The number of aromatic nitrogens is 2. The Morgan fingerprint density at radius 3 is 1.41 bits per heavy atom. The largest absolute Gasteiger partial charge is 0.481 e. The Labute approximate surface area is 446 Å². The number of amides is 11. The first-order valence-electron chi connectivity index (χ1n) is 24.7. The number of carbonyl (C=O) groups excluding carboxylic acids is 11. The van der Waals surface area contributed by atoms with Gasteiger partial charge >= 0.3 is 5.97 Å². The Morgan fingerprint density at radius 1 is 0.500 bits per heavy atom. The fourth-order valence-electron chi connectivity index (χ4n) is 8.06. The molecule has 0 aliphatic rings. The Hall–Kier alpha value is -8.92. The minimum Gasteiger partial charge on any atom is -0.481 e. The summed E-state index contributed by atoms with van der Waals surface area (Å²) >= 11 is 0. The predicted octanol–water partition coefficient (Wildman–Crippen LogP) is -4.18. The molecule has 0 fully saturated rings. The van der Waals surface area contributed by atoms with Crippen molar-refractivity contribution in [1.82, 2.24) is 52.5 Å². The van der Waals surface area contributed by atoms with Crippen LogP contribution in [-0.2, 0) is 70.4 Å². The van der Waals surface area contributed by atoms with Gasteiger partial charge in [-0.2, -0.15) is 0 Å². The van der Waals surface area contributed by atoms with Crippen molar-refractivity contribution in [2.45, 2.75) is 127 Å². The summed E-state index contributed by atoms with van der Waals surface area (Å²) in [5, 5.41) is 40.2. The molecule has 20 N–H and O–H groups in total. The van der Waals surface area contributed by atoms with Crippen molar-refractivity contribution in [1.29, 1.82) is 0 Å². The zero-order valence-electron chi connectivity index (χ0n) is 43.3. The van der Waals surface area contributed by atoms with Crippen LogP contribution < -0.4 is 65.5 Å². The molecule has 2 heterocycles. The molecule has 28 nitrogen and oxygen atoms in total. The Bertz CT molecular complexity index is 2860. The van der Waals surface area contributed by atoms with E-state index in [1.54, 1.807) is 68.7 Å². The van der Waals surface area contributed by atoms with Gasteiger partial charge in [-0.15, -0.1) is 0 Å². The van der Waals surface area contributed by atoms with Gasteiger partial charge in [0.1, 0.15) is 48.3 Å². The normalized spacial score (nSPS) is 14.7. The monoisotopic (exact) mass is 1090 g/mol. The first kappa shape index (κ1) is 61.6. The number of hydrogen-bond donors (Lipinski definition) is 16. The van der Waals surface area contributed by atoms with Crippen molar-refractivity contribution in [2.75, 3.05) is 6.61 Å². The van der Waals surface area contributed by atoms with Gasteiger partial charge in [0.05, 0.1) is 25.5 Å². The second kappa shape index (κ2) is 28.8. The van der Waals surface area contributed by atoms with E-state index in [0.717, 1.165) is 16.4 Å². The number of fused-ring (bicyclic) bond motifs is 2. The lowest BCUT2D eigenvalue weighted by Gasteiger charge is -2.27. The molecule has 0 saturated heterocycles. The number of carbonyl (C=O) groups is 12. The molecule has 4 rings (SSSR count). The first-order valence-corrected chi connectivity index (χ1v) is 24.7. The molecule has 2 aromatic heterocycles. The molecule has 28 heteroatoms. The highest BCUT2D eigenvalue weighted by atomic mass is 16.4. The van der Waals surface area contributed by atoms with Crippen molar-refractivity contribution < 1.29 is 67.7 Å². The number of carboxylic acids is 1. The molecule has 0 radical (unpaired) electrons. The van der Waals surface area contributed by atoms with Crippen LogP contribution in [0.15, 0.2) is 60.9 Å². The molecule has 0 unspecified atom stereocenters. The maximum atomic E-state index is 13.9. The fourth-order valence-corrected chi connectivity index (χ4v) is 8.06. The highest BCUT2D eigenvalue weighted by Gasteiger charge is 2.36. The third kappa shape index (κ3) is 18.4. The maximum absolute atomic E-state index is 13.9. The Morgan fingerprint density at radius 2 is 0.923 bits per heavy atom. The van der Waals surface area contributed by atoms with Gasteiger partial charge in [-0.3, -0.25) is 57.5 Å². The molecular weight excluding hydrogens is 1020 g/mol. The molecule has 78 heavy (non-hydrogen) atoms. The van der Waals surface area contributed by atoms with Crippen LogP contribution in [0.5, 0.6) is 0 Å². The van der Waals surface area contributed by atoms with E-state index in [-0.39, 0.29) is 19.3 Å². The summed E-state index contributed by atoms with van der Waals surface area (Å²) in [4.78, 5) is 163. The number of primary amides is 3. The molecule has 0 bridgehead atoms. The molecule has 9 atom stereocenters. The number of rotatable bonds is 31. The zero-order valence-corrected chi connectivity index (χ0v) is 43.3. The van der Waals surface area contributed by atoms with E-state index in [1.807, 2.05) is 6.07 Å². The summed E-state index contributed by atoms with van der Waals surface area (Å²) in [5.41, 5.74) is 24.9. The van der Waals surface area contributed by atoms with E-state index in [9.17, 15) is 67.7 Å². The van der Waals surface area contributed by atoms with Crippen LogP contribution in [0.4, 0.5) is 0 Å².